The Balaban J connectivity index is 2.17. The topological polar surface area (TPSA) is 72.2 Å². The van der Waals surface area contributed by atoms with Gasteiger partial charge in [-0.05, 0) is 23.8 Å². The Labute approximate surface area is 125 Å². The SMILES string of the molecule is NCC#Cc1ccccc1CNS(=O)(=O)c1ccccc1. The van der Waals surface area contributed by atoms with E-state index in [1.54, 1.807) is 30.3 Å². The maximum Gasteiger partial charge on any atom is 0.240 e. The Morgan fingerprint density at radius 1 is 1.00 bits per heavy atom. The second-order valence-electron chi connectivity index (χ2n) is 4.30. The second kappa shape index (κ2) is 7.04. The van der Waals surface area contributed by atoms with Crippen LogP contribution in [0.1, 0.15) is 11.1 Å². The van der Waals surface area contributed by atoms with Crippen LogP contribution in [0, 0.1) is 11.8 Å². The van der Waals surface area contributed by atoms with Crippen molar-refractivity contribution in [2.45, 2.75) is 11.4 Å². The standard InChI is InChI=1S/C16H16N2O2S/c17-12-6-9-14-7-4-5-8-15(14)13-18-21(19,20)16-10-2-1-3-11-16/h1-5,7-8,10-11,18H,12-13,17H2. The van der Waals surface area contributed by atoms with E-state index in [1.807, 2.05) is 24.3 Å². The number of nitrogens with one attached hydrogen (secondary N) is 1. The molecule has 4 nitrogen and oxygen atoms in total. The largest absolute Gasteiger partial charge is 0.320 e. The Hall–Kier alpha value is -2.13. The van der Waals surface area contributed by atoms with E-state index in [0.29, 0.717) is 0 Å². The van der Waals surface area contributed by atoms with Gasteiger partial charge in [0.1, 0.15) is 0 Å². The van der Waals surface area contributed by atoms with Gasteiger partial charge in [0.2, 0.25) is 10.0 Å². The summed E-state index contributed by atoms with van der Waals surface area (Å²) in [6.45, 7) is 0.455. The third kappa shape index (κ3) is 4.17. The summed E-state index contributed by atoms with van der Waals surface area (Å²) in [4.78, 5) is 0.246. The zero-order valence-electron chi connectivity index (χ0n) is 11.4. The van der Waals surface area contributed by atoms with Crippen LogP contribution in [0.4, 0.5) is 0 Å². The molecule has 0 aliphatic rings. The molecule has 3 N–H and O–H groups in total. The van der Waals surface area contributed by atoms with E-state index in [1.165, 1.54) is 0 Å². The van der Waals surface area contributed by atoms with E-state index in [2.05, 4.69) is 16.6 Å². The first-order valence-electron chi connectivity index (χ1n) is 6.45. The minimum Gasteiger partial charge on any atom is -0.320 e. The molecule has 108 valence electrons. The van der Waals surface area contributed by atoms with Gasteiger partial charge in [-0.2, -0.15) is 0 Å². The fraction of sp³-hybridized carbons (Fsp3) is 0.125. The van der Waals surface area contributed by atoms with E-state index in [0.717, 1.165) is 11.1 Å². The van der Waals surface area contributed by atoms with Crippen molar-refractivity contribution in [3.63, 3.8) is 0 Å². The van der Waals surface area contributed by atoms with Gasteiger partial charge in [-0.15, -0.1) is 0 Å². The first kappa shape index (κ1) is 15.3. The molecule has 21 heavy (non-hydrogen) atoms. The van der Waals surface area contributed by atoms with Crippen molar-refractivity contribution in [1.29, 1.82) is 0 Å². The van der Waals surface area contributed by atoms with Gasteiger partial charge in [0.15, 0.2) is 0 Å². The summed E-state index contributed by atoms with van der Waals surface area (Å²) < 4.78 is 26.9. The van der Waals surface area contributed by atoms with Gasteiger partial charge in [0, 0.05) is 12.1 Å². The molecule has 0 aromatic heterocycles. The van der Waals surface area contributed by atoms with Crippen molar-refractivity contribution in [3.05, 3.63) is 65.7 Å². The maximum atomic E-state index is 12.2. The number of nitrogens with two attached hydrogens (primary N) is 1. The highest BCUT2D eigenvalue weighted by molar-refractivity contribution is 7.89. The number of sulfonamides is 1. The van der Waals surface area contributed by atoms with Crippen LogP contribution in [0.15, 0.2) is 59.5 Å². The lowest BCUT2D eigenvalue weighted by atomic mass is 10.1. The molecule has 5 heteroatoms. The van der Waals surface area contributed by atoms with E-state index >= 15 is 0 Å². The minimum atomic E-state index is -3.52. The average molecular weight is 300 g/mol. The molecular weight excluding hydrogens is 284 g/mol. The normalized spacial score (nSPS) is 10.7. The molecule has 2 aromatic rings. The van der Waals surface area contributed by atoms with Crippen LogP contribution in [0.3, 0.4) is 0 Å². The molecule has 0 heterocycles. The van der Waals surface area contributed by atoms with Crippen molar-refractivity contribution in [2.24, 2.45) is 5.73 Å². The smallest absolute Gasteiger partial charge is 0.240 e. The van der Waals surface area contributed by atoms with Gasteiger partial charge in [-0.3, -0.25) is 0 Å². The quantitative estimate of drug-likeness (QED) is 0.840. The fourth-order valence-corrected chi connectivity index (χ4v) is 2.83. The van der Waals surface area contributed by atoms with Crippen LogP contribution in [-0.4, -0.2) is 15.0 Å². The lowest BCUT2D eigenvalue weighted by molar-refractivity contribution is 0.581. The van der Waals surface area contributed by atoms with Gasteiger partial charge in [-0.1, -0.05) is 48.2 Å². The van der Waals surface area contributed by atoms with E-state index < -0.39 is 10.0 Å². The molecule has 0 amide bonds. The molecule has 0 fully saturated rings. The molecule has 0 atom stereocenters. The lowest BCUT2D eigenvalue weighted by Crippen LogP contribution is -2.23. The van der Waals surface area contributed by atoms with Crippen LogP contribution in [0.5, 0.6) is 0 Å². The van der Waals surface area contributed by atoms with E-state index in [-0.39, 0.29) is 18.0 Å². The van der Waals surface area contributed by atoms with Crippen molar-refractivity contribution in [3.8, 4) is 11.8 Å². The van der Waals surface area contributed by atoms with Crippen LogP contribution in [0.2, 0.25) is 0 Å². The predicted octanol–water partition coefficient (Wildman–Crippen LogP) is 1.48. The molecule has 0 spiro atoms. The molecule has 2 rings (SSSR count). The molecule has 0 aliphatic carbocycles. The van der Waals surface area contributed by atoms with Gasteiger partial charge in [-0.25, -0.2) is 13.1 Å². The van der Waals surface area contributed by atoms with Gasteiger partial charge in [0.25, 0.3) is 0 Å². The first-order chi connectivity index (χ1) is 10.1. The van der Waals surface area contributed by atoms with Crippen LogP contribution < -0.4 is 10.5 Å². The Bertz CT molecular complexity index is 760. The summed E-state index contributed by atoms with van der Waals surface area (Å²) in [5.74, 6) is 5.71. The van der Waals surface area contributed by atoms with Crippen molar-refractivity contribution in [2.75, 3.05) is 6.54 Å². The zero-order chi connectivity index (χ0) is 15.1. The Kier molecular flexibility index (Phi) is 5.12. The highest BCUT2D eigenvalue weighted by atomic mass is 32.2. The number of rotatable bonds is 4. The predicted molar refractivity (Wildman–Crippen MR) is 82.8 cm³/mol. The fourth-order valence-electron chi connectivity index (χ4n) is 1.80. The van der Waals surface area contributed by atoms with Gasteiger partial charge < -0.3 is 5.73 Å². The molecule has 0 aliphatic heterocycles. The number of hydrogen-bond acceptors (Lipinski definition) is 3. The summed E-state index contributed by atoms with van der Waals surface area (Å²) in [5, 5.41) is 0. The Morgan fingerprint density at radius 2 is 1.67 bits per heavy atom. The zero-order valence-corrected chi connectivity index (χ0v) is 12.2. The number of benzene rings is 2. The lowest BCUT2D eigenvalue weighted by Gasteiger charge is -2.08. The average Bonchev–Trinajstić information content (AvgIpc) is 2.52. The summed E-state index contributed by atoms with van der Waals surface area (Å²) in [5.41, 5.74) is 6.95. The van der Waals surface area contributed by atoms with Gasteiger partial charge in [0.05, 0.1) is 11.4 Å². The molecule has 0 radical (unpaired) electrons. The van der Waals surface area contributed by atoms with Crippen molar-refractivity contribution in [1.82, 2.24) is 4.72 Å². The van der Waals surface area contributed by atoms with Crippen molar-refractivity contribution < 1.29 is 8.42 Å². The highest BCUT2D eigenvalue weighted by Gasteiger charge is 2.13. The molecule has 0 saturated heterocycles. The Morgan fingerprint density at radius 3 is 2.38 bits per heavy atom. The molecular formula is C16H16N2O2S. The van der Waals surface area contributed by atoms with Crippen LogP contribution >= 0.6 is 0 Å². The third-order valence-corrected chi connectivity index (χ3v) is 4.27. The van der Waals surface area contributed by atoms with E-state index in [9.17, 15) is 8.42 Å². The molecule has 0 unspecified atom stereocenters. The second-order valence-corrected chi connectivity index (χ2v) is 6.07. The van der Waals surface area contributed by atoms with Crippen LogP contribution in [0.25, 0.3) is 0 Å². The molecule has 0 bridgehead atoms. The summed E-state index contributed by atoms with van der Waals surface area (Å²) >= 11 is 0. The monoisotopic (exact) mass is 300 g/mol. The van der Waals surface area contributed by atoms with Crippen molar-refractivity contribution >= 4 is 10.0 Å². The third-order valence-electron chi connectivity index (χ3n) is 2.85. The molecule has 0 saturated carbocycles. The summed E-state index contributed by atoms with van der Waals surface area (Å²) in [6, 6.07) is 15.7. The van der Waals surface area contributed by atoms with E-state index in [4.69, 9.17) is 5.73 Å². The number of hydrogen-bond donors (Lipinski definition) is 2. The maximum absolute atomic E-state index is 12.2. The summed E-state index contributed by atoms with van der Waals surface area (Å²) in [6.07, 6.45) is 0. The molecule has 2 aromatic carbocycles. The van der Waals surface area contributed by atoms with Crippen LogP contribution in [-0.2, 0) is 16.6 Å². The summed E-state index contributed by atoms with van der Waals surface area (Å²) in [7, 11) is -3.52. The highest BCUT2D eigenvalue weighted by Crippen LogP contribution is 2.11. The minimum absolute atomic E-state index is 0.187. The van der Waals surface area contributed by atoms with Gasteiger partial charge >= 0.3 is 0 Å². The first-order valence-corrected chi connectivity index (χ1v) is 7.93.